The number of hydrazine groups is 1. The van der Waals surface area contributed by atoms with Crippen LogP contribution in [0.5, 0.6) is 0 Å². The SMILES string of the molecule is CCCCCNC(=O)CN(CC(=O)N(C)N1Cc2ccccc2C1)c1cc2c(cc1C)CN(CC(F)F)C2=O. The molecule has 1 N–H and O–H groups in total. The Bertz CT molecular complexity index is 1200. The topological polar surface area (TPSA) is 76.2 Å². The quantitative estimate of drug-likeness (QED) is 0.415. The Kier molecular flexibility index (Phi) is 9.16. The van der Waals surface area contributed by atoms with E-state index in [1.807, 2.05) is 36.2 Å². The lowest BCUT2D eigenvalue weighted by Crippen LogP contribution is -2.48. The van der Waals surface area contributed by atoms with E-state index >= 15 is 0 Å². The summed E-state index contributed by atoms with van der Waals surface area (Å²) in [7, 11) is 1.72. The van der Waals surface area contributed by atoms with E-state index in [0.717, 1.165) is 29.7 Å². The maximum atomic E-state index is 13.5. The zero-order valence-electron chi connectivity index (χ0n) is 22.9. The van der Waals surface area contributed by atoms with Crippen LogP contribution in [0, 0.1) is 6.92 Å². The first-order valence-corrected chi connectivity index (χ1v) is 13.5. The lowest BCUT2D eigenvalue weighted by atomic mass is 10.0. The molecule has 0 atom stereocenters. The number of likely N-dealkylation sites (N-methyl/N-ethyl adjacent to an activating group) is 1. The zero-order valence-corrected chi connectivity index (χ0v) is 22.9. The van der Waals surface area contributed by atoms with Gasteiger partial charge in [-0.05, 0) is 41.7 Å². The Balaban J connectivity index is 1.53. The highest BCUT2D eigenvalue weighted by Crippen LogP contribution is 2.31. The van der Waals surface area contributed by atoms with E-state index in [0.29, 0.717) is 36.4 Å². The van der Waals surface area contributed by atoms with Crippen LogP contribution in [-0.4, -0.2) is 72.3 Å². The van der Waals surface area contributed by atoms with Crippen molar-refractivity contribution >= 4 is 23.4 Å². The standard InChI is InChI=1S/C29H37F2N5O3/c1-4-5-8-11-32-27(37)18-34(19-28(38)33(3)36-15-21-9-6-7-10-22(21)16-36)25-13-24-23(12-20(25)2)14-35(29(24)39)17-26(30)31/h6-7,9-10,12-13,26H,4-5,8,11,14-19H2,1-3H3,(H,32,37). The number of anilines is 1. The molecule has 2 aliphatic rings. The van der Waals surface area contributed by atoms with Crippen LogP contribution in [-0.2, 0) is 29.2 Å². The molecule has 0 fully saturated rings. The lowest BCUT2D eigenvalue weighted by Gasteiger charge is -2.32. The minimum atomic E-state index is -2.62. The molecule has 2 aromatic carbocycles. The second-order valence-corrected chi connectivity index (χ2v) is 10.3. The molecule has 3 amide bonds. The fourth-order valence-corrected chi connectivity index (χ4v) is 5.20. The predicted octanol–water partition coefficient (Wildman–Crippen LogP) is 3.72. The van der Waals surface area contributed by atoms with Gasteiger partial charge in [-0.1, -0.05) is 50.1 Å². The lowest BCUT2D eigenvalue weighted by molar-refractivity contribution is -0.145. The van der Waals surface area contributed by atoms with E-state index in [4.69, 9.17) is 0 Å². The monoisotopic (exact) mass is 541 g/mol. The molecule has 0 radical (unpaired) electrons. The van der Waals surface area contributed by atoms with E-state index in [-0.39, 0.29) is 31.4 Å². The first-order valence-electron chi connectivity index (χ1n) is 13.5. The fraction of sp³-hybridized carbons (Fsp3) is 0.483. The summed E-state index contributed by atoms with van der Waals surface area (Å²) in [6.45, 7) is 5.04. The maximum Gasteiger partial charge on any atom is 0.256 e. The van der Waals surface area contributed by atoms with Crippen molar-refractivity contribution < 1.29 is 23.2 Å². The molecule has 4 rings (SSSR count). The first-order chi connectivity index (χ1) is 18.7. The van der Waals surface area contributed by atoms with Crippen molar-refractivity contribution in [3.05, 3.63) is 64.2 Å². The number of alkyl halides is 2. The van der Waals surface area contributed by atoms with Gasteiger partial charge in [0.05, 0.1) is 19.6 Å². The van der Waals surface area contributed by atoms with Gasteiger partial charge < -0.3 is 15.1 Å². The van der Waals surface area contributed by atoms with E-state index < -0.39 is 18.9 Å². The molecule has 8 nitrogen and oxygen atoms in total. The van der Waals surface area contributed by atoms with E-state index in [1.165, 1.54) is 11.1 Å². The highest BCUT2D eigenvalue weighted by molar-refractivity contribution is 6.00. The third kappa shape index (κ3) is 6.73. The van der Waals surface area contributed by atoms with Crippen molar-refractivity contribution in [2.75, 3.05) is 38.1 Å². The molecule has 0 aromatic heterocycles. The summed E-state index contributed by atoms with van der Waals surface area (Å²) in [5.74, 6) is -0.887. The molecule has 2 aliphatic heterocycles. The van der Waals surface area contributed by atoms with E-state index in [9.17, 15) is 23.2 Å². The molecular weight excluding hydrogens is 504 g/mol. The Morgan fingerprint density at radius 2 is 1.72 bits per heavy atom. The molecule has 2 heterocycles. The predicted molar refractivity (Wildman–Crippen MR) is 145 cm³/mol. The second-order valence-electron chi connectivity index (χ2n) is 10.3. The van der Waals surface area contributed by atoms with Crippen LogP contribution in [0.4, 0.5) is 14.5 Å². The van der Waals surface area contributed by atoms with Gasteiger partial charge in [-0.2, -0.15) is 0 Å². The molecule has 0 spiro atoms. The summed E-state index contributed by atoms with van der Waals surface area (Å²) in [5.41, 5.74) is 4.67. The average Bonchev–Trinajstić information content (AvgIpc) is 3.45. The number of carbonyl (C=O) groups is 3. The van der Waals surface area contributed by atoms with Gasteiger partial charge in [-0.25, -0.2) is 13.8 Å². The molecule has 0 aliphatic carbocycles. The van der Waals surface area contributed by atoms with Crippen LogP contribution in [0.2, 0.25) is 0 Å². The van der Waals surface area contributed by atoms with Crippen molar-refractivity contribution in [2.24, 2.45) is 0 Å². The van der Waals surface area contributed by atoms with Crippen LogP contribution in [0.3, 0.4) is 0 Å². The van der Waals surface area contributed by atoms with Crippen LogP contribution < -0.4 is 10.2 Å². The number of fused-ring (bicyclic) bond motifs is 2. The molecule has 0 saturated heterocycles. The summed E-state index contributed by atoms with van der Waals surface area (Å²) in [6.07, 6.45) is 0.286. The number of unbranched alkanes of at least 4 members (excludes halogenated alkanes) is 2. The normalized spacial score (nSPS) is 14.5. The molecular formula is C29H37F2N5O3. The first kappa shape index (κ1) is 28.5. The van der Waals surface area contributed by atoms with Crippen molar-refractivity contribution in [1.82, 2.24) is 20.2 Å². The van der Waals surface area contributed by atoms with E-state index in [1.54, 1.807) is 29.1 Å². The summed E-state index contributed by atoms with van der Waals surface area (Å²) in [4.78, 5) is 42.0. The van der Waals surface area contributed by atoms with Gasteiger partial charge in [0.2, 0.25) is 5.91 Å². The number of nitrogens with one attached hydrogen (secondary N) is 1. The van der Waals surface area contributed by atoms with Gasteiger partial charge in [0.25, 0.3) is 18.2 Å². The van der Waals surface area contributed by atoms with Crippen molar-refractivity contribution in [2.45, 2.75) is 59.2 Å². The highest BCUT2D eigenvalue weighted by Gasteiger charge is 2.32. The fourth-order valence-electron chi connectivity index (χ4n) is 5.20. The Labute approximate surface area is 228 Å². The zero-order chi connectivity index (χ0) is 28.1. The van der Waals surface area contributed by atoms with Crippen LogP contribution in [0.1, 0.15) is 58.8 Å². The van der Waals surface area contributed by atoms with Crippen molar-refractivity contribution in [1.29, 1.82) is 0 Å². The number of carbonyl (C=O) groups excluding carboxylic acids is 3. The van der Waals surface area contributed by atoms with Crippen molar-refractivity contribution in [3.8, 4) is 0 Å². The molecule has 0 bridgehead atoms. The number of rotatable bonds is 12. The number of hydrogen-bond donors (Lipinski definition) is 1. The largest absolute Gasteiger partial charge is 0.355 e. The third-order valence-corrected chi connectivity index (χ3v) is 7.37. The van der Waals surface area contributed by atoms with Gasteiger partial charge in [0.1, 0.15) is 0 Å². The summed E-state index contributed by atoms with van der Waals surface area (Å²) in [6, 6.07) is 11.5. The Hall–Kier alpha value is -3.53. The number of hydrogen-bond acceptors (Lipinski definition) is 5. The molecule has 0 unspecified atom stereocenters. The second kappa shape index (κ2) is 12.5. The van der Waals surface area contributed by atoms with Gasteiger partial charge in [0.15, 0.2) is 0 Å². The number of amides is 3. The molecule has 2 aromatic rings. The highest BCUT2D eigenvalue weighted by atomic mass is 19.3. The Morgan fingerprint density at radius 3 is 2.36 bits per heavy atom. The molecule has 10 heteroatoms. The summed E-state index contributed by atoms with van der Waals surface area (Å²) in [5, 5.41) is 6.47. The number of aryl methyl sites for hydroxylation is 1. The van der Waals surface area contributed by atoms with Gasteiger partial charge in [0, 0.05) is 44.5 Å². The van der Waals surface area contributed by atoms with Crippen molar-refractivity contribution in [3.63, 3.8) is 0 Å². The van der Waals surface area contributed by atoms with Gasteiger partial charge in [-0.15, -0.1) is 0 Å². The maximum absolute atomic E-state index is 13.5. The molecule has 210 valence electrons. The smallest absolute Gasteiger partial charge is 0.256 e. The van der Waals surface area contributed by atoms with E-state index in [2.05, 4.69) is 12.2 Å². The molecule has 39 heavy (non-hydrogen) atoms. The van der Waals surface area contributed by atoms with Crippen LogP contribution in [0.15, 0.2) is 36.4 Å². The Morgan fingerprint density at radius 1 is 1.03 bits per heavy atom. The summed E-state index contributed by atoms with van der Waals surface area (Å²) >= 11 is 0. The van der Waals surface area contributed by atoms with Crippen LogP contribution in [0.25, 0.3) is 0 Å². The number of benzene rings is 2. The van der Waals surface area contributed by atoms with Gasteiger partial charge >= 0.3 is 0 Å². The summed E-state index contributed by atoms with van der Waals surface area (Å²) < 4.78 is 26.0. The minimum Gasteiger partial charge on any atom is -0.355 e. The number of halogens is 2. The average molecular weight is 542 g/mol. The molecule has 0 saturated carbocycles. The third-order valence-electron chi connectivity index (χ3n) is 7.37. The number of nitrogens with zero attached hydrogens (tertiary/aromatic N) is 4. The van der Waals surface area contributed by atoms with Gasteiger partial charge in [-0.3, -0.25) is 19.4 Å². The minimum absolute atomic E-state index is 0.0690. The van der Waals surface area contributed by atoms with Crippen LogP contribution >= 0.6 is 0 Å².